The Hall–Kier alpha value is -0.640. The number of nitrogen functional groups attached to an aromatic ring is 1. The van der Waals surface area contributed by atoms with Gasteiger partial charge in [0.1, 0.15) is 4.90 Å². The first-order valence-electron chi connectivity index (χ1n) is 5.83. The maximum atomic E-state index is 12.4. The van der Waals surface area contributed by atoms with Crippen molar-refractivity contribution in [1.29, 1.82) is 0 Å². The molecule has 110 valence electrons. The highest BCUT2D eigenvalue weighted by molar-refractivity contribution is 9.11. The second kappa shape index (κ2) is 6.00. The average molecular weight is 427 g/mol. The molecule has 0 saturated carbocycles. The Bertz CT molecular complexity index is 615. The van der Waals surface area contributed by atoms with Crippen molar-refractivity contribution >= 4 is 53.5 Å². The van der Waals surface area contributed by atoms with Gasteiger partial charge in [0.25, 0.3) is 0 Å². The van der Waals surface area contributed by atoms with Crippen LogP contribution in [-0.2, 0) is 14.8 Å². The number of carbonyl (C=O) groups excluding carboxylic acids is 1. The molecule has 1 aliphatic heterocycles. The highest BCUT2D eigenvalue weighted by Gasteiger charge is 2.27. The van der Waals surface area contributed by atoms with Crippen molar-refractivity contribution in [2.45, 2.75) is 23.8 Å². The molecule has 20 heavy (non-hydrogen) atoms. The van der Waals surface area contributed by atoms with Gasteiger partial charge in [-0.3, -0.25) is 4.79 Å². The first-order valence-corrected chi connectivity index (χ1v) is 8.90. The normalized spacial score (nSPS) is 19.7. The number of halogens is 2. The lowest BCUT2D eigenvalue weighted by Gasteiger charge is -2.23. The van der Waals surface area contributed by atoms with E-state index in [1.54, 1.807) is 0 Å². The van der Waals surface area contributed by atoms with E-state index in [9.17, 15) is 13.2 Å². The third kappa shape index (κ3) is 3.51. The molecule has 1 aromatic rings. The zero-order valence-corrected chi connectivity index (χ0v) is 14.3. The lowest BCUT2D eigenvalue weighted by atomic mass is 10.1. The Balaban J connectivity index is 2.25. The highest BCUT2D eigenvalue weighted by atomic mass is 79.9. The van der Waals surface area contributed by atoms with Gasteiger partial charge >= 0.3 is 0 Å². The van der Waals surface area contributed by atoms with Gasteiger partial charge in [0, 0.05) is 33.6 Å². The van der Waals surface area contributed by atoms with Gasteiger partial charge in [0.05, 0.1) is 0 Å². The van der Waals surface area contributed by atoms with E-state index < -0.39 is 10.0 Å². The van der Waals surface area contributed by atoms with Crippen molar-refractivity contribution in [3.8, 4) is 0 Å². The molecule has 1 aliphatic rings. The summed E-state index contributed by atoms with van der Waals surface area (Å²) in [6, 6.07) is 2.75. The molecule has 1 saturated heterocycles. The van der Waals surface area contributed by atoms with E-state index in [0.29, 0.717) is 34.0 Å². The fourth-order valence-electron chi connectivity index (χ4n) is 1.95. The van der Waals surface area contributed by atoms with Gasteiger partial charge in [-0.15, -0.1) is 0 Å². The van der Waals surface area contributed by atoms with Crippen molar-refractivity contribution in [3.05, 3.63) is 21.1 Å². The van der Waals surface area contributed by atoms with Gasteiger partial charge in [0.15, 0.2) is 0 Å². The smallest absolute Gasteiger partial charge is 0.243 e. The third-order valence-electron chi connectivity index (χ3n) is 2.88. The molecule has 1 fully saturated rings. The van der Waals surface area contributed by atoms with E-state index in [4.69, 9.17) is 5.73 Å². The van der Waals surface area contributed by atoms with Crippen LogP contribution in [0.1, 0.15) is 12.8 Å². The van der Waals surface area contributed by atoms with Crippen LogP contribution in [0.2, 0.25) is 0 Å². The molecule has 0 bridgehead atoms. The number of nitrogens with one attached hydrogen (secondary N) is 2. The molecule has 1 atom stereocenters. The molecule has 1 heterocycles. The molecule has 1 amide bonds. The van der Waals surface area contributed by atoms with Crippen molar-refractivity contribution in [2.75, 3.05) is 12.3 Å². The number of rotatable bonds is 3. The van der Waals surface area contributed by atoms with Gasteiger partial charge in [-0.05, 0) is 50.4 Å². The van der Waals surface area contributed by atoms with E-state index >= 15 is 0 Å². The quantitative estimate of drug-likeness (QED) is 0.635. The van der Waals surface area contributed by atoms with Crippen molar-refractivity contribution in [2.24, 2.45) is 0 Å². The monoisotopic (exact) mass is 425 g/mol. The number of hydrogen-bond acceptors (Lipinski definition) is 4. The minimum Gasteiger partial charge on any atom is -0.399 e. The predicted octanol–water partition coefficient (Wildman–Crippen LogP) is 1.35. The van der Waals surface area contributed by atoms with Gasteiger partial charge in [-0.2, -0.15) is 0 Å². The zero-order valence-electron chi connectivity index (χ0n) is 10.3. The molecule has 2 rings (SSSR count). The van der Waals surface area contributed by atoms with Crippen LogP contribution < -0.4 is 15.8 Å². The van der Waals surface area contributed by atoms with Gasteiger partial charge in [-0.1, -0.05) is 0 Å². The average Bonchev–Trinajstić information content (AvgIpc) is 2.30. The van der Waals surface area contributed by atoms with Crippen LogP contribution in [0.25, 0.3) is 0 Å². The molecule has 0 aromatic heterocycles. The van der Waals surface area contributed by atoms with Crippen LogP contribution in [0, 0.1) is 0 Å². The number of nitrogens with two attached hydrogens (primary N) is 1. The second-order valence-corrected chi connectivity index (χ2v) is 7.83. The fraction of sp³-hybridized carbons (Fsp3) is 0.364. The van der Waals surface area contributed by atoms with Crippen molar-refractivity contribution in [1.82, 2.24) is 10.0 Å². The Kier molecular flexibility index (Phi) is 4.73. The molecule has 0 radical (unpaired) electrons. The number of hydrogen-bond donors (Lipinski definition) is 3. The molecule has 0 aliphatic carbocycles. The van der Waals surface area contributed by atoms with Gasteiger partial charge in [-0.25, -0.2) is 13.1 Å². The number of sulfonamides is 1. The summed E-state index contributed by atoms with van der Waals surface area (Å²) in [5, 5.41) is 2.64. The SMILES string of the molecule is Nc1cc(Br)c(S(=O)(=O)NC2CCC(=O)NC2)c(Br)c1. The Labute approximate surface area is 133 Å². The molecule has 4 N–H and O–H groups in total. The van der Waals surface area contributed by atoms with E-state index in [2.05, 4.69) is 41.9 Å². The molecule has 1 unspecified atom stereocenters. The van der Waals surface area contributed by atoms with E-state index in [1.165, 1.54) is 12.1 Å². The van der Waals surface area contributed by atoms with Crippen LogP contribution >= 0.6 is 31.9 Å². The third-order valence-corrected chi connectivity index (χ3v) is 6.27. The van der Waals surface area contributed by atoms with Crippen molar-refractivity contribution < 1.29 is 13.2 Å². The summed E-state index contributed by atoms with van der Waals surface area (Å²) in [5.74, 6) is -0.0599. The summed E-state index contributed by atoms with van der Waals surface area (Å²) >= 11 is 6.42. The highest BCUT2D eigenvalue weighted by Crippen LogP contribution is 2.32. The van der Waals surface area contributed by atoms with Gasteiger partial charge in [0.2, 0.25) is 15.9 Å². The summed E-state index contributed by atoms with van der Waals surface area (Å²) < 4.78 is 28.2. The van der Waals surface area contributed by atoms with Crippen molar-refractivity contribution in [3.63, 3.8) is 0 Å². The number of benzene rings is 1. The maximum absolute atomic E-state index is 12.4. The van der Waals surface area contributed by atoms with Crippen LogP contribution in [0.15, 0.2) is 26.0 Å². The maximum Gasteiger partial charge on any atom is 0.243 e. The summed E-state index contributed by atoms with van der Waals surface area (Å²) in [6.45, 7) is 0.294. The van der Waals surface area contributed by atoms with Gasteiger partial charge < -0.3 is 11.1 Å². The molecule has 0 spiro atoms. The summed E-state index contributed by atoms with van der Waals surface area (Å²) in [4.78, 5) is 11.2. The van der Waals surface area contributed by atoms with E-state index in [1.807, 2.05) is 0 Å². The summed E-state index contributed by atoms with van der Waals surface area (Å²) in [5.41, 5.74) is 6.10. The van der Waals surface area contributed by atoms with Crippen LogP contribution in [0.5, 0.6) is 0 Å². The van der Waals surface area contributed by atoms with Crippen LogP contribution in [0.4, 0.5) is 5.69 Å². The minimum absolute atomic E-state index is 0.0599. The van der Waals surface area contributed by atoms with Crippen LogP contribution in [0.3, 0.4) is 0 Å². The Morgan fingerprint density at radius 1 is 1.30 bits per heavy atom. The Morgan fingerprint density at radius 2 is 1.90 bits per heavy atom. The summed E-state index contributed by atoms with van der Waals surface area (Å²) in [6.07, 6.45) is 0.798. The van der Waals surface area contributed by atoms with E-state index in [0.717, 1.165) is 0 Å². The lowest BCUT2D eigenvalue weighted by Crippen LogP contribution is -2.47. The number of piperidine rings is 1. The largest absolute Gasteiger partial charge is 0.399 e. The molecular weight excluding hydrogens is 414 g/mol. The number of amides is 1. The van der Waals surface area contributed by atoms with E-state index in [-0.39, 0.29) is 16.8 Å². The van der Waals surface area contributed by atoms with Crippen LogP contribution in [-0.4, -0.2) is 26.9 Å². The fourth-order valence-corrected chi connectivity index (χ4v) is 5.84. The first kappa shape index (κ1) is 15.7. The second-order valence-electron chi connectivity index (χ2n) is 4.47. The first-order chi connectivity index (χ1) is 9.29. The number of anilines is 1. The Morgan fingerprint density at radius 3 is 2.40 bits per heavy atom. The number of carbonyl (C=O) groups is 1. The molecule has 1 aromatic carbocycles. The lowest BCUT2D eigenvalue weighted by molar-refractivity contribution is -0.122. The molecule has 9 heteroatoms. The molecule has 6 nitrogen and oxygen atoms in total. The predicted molar refractivity (Wildman–Crippen MR) is 82.6 cm³/mol. The zero-order chi connectivity index (χ0) is 14.9. The molecular formula is C11H13Br2N3O3S. The standard InChI is InChI=1S/C11H13Br2N3O3S/c12-8-3-6(14)4-9(13)11(8)20(18,19)16-7-1-2-10(17)15-5-7/h3-4,7,16H,1-2,5,14H2,(H,15,17). The topological polar surface area (TPSA) is 101 Å². The minimum atomic E-state index is -3.71. The summed E-state index contributed by atoms with van der Waals surface area (Å²) in [7, 11) is -3.71.